The Morgan fingerprint density at radius 1 is 1.08 bits per heavy atom. The Morgan fingerprint density at radius 3 is 2.60 bits per heavy atom. The smallest absolute Gasteiger partial charge is 0.237 e. The van der Waals surface area contributed by atoms with Crippen molar-refractivity contribution in [3.05, 3.63) is 60.2 Å². The van der Waals surface area contributed by atoms with E-state index >= 15 is 0 Å². The van der Waals surface area contributed by atoms with Crippen molar-refractivity contribution in [1.29, 1.82) is 0 Å². The summed E-state index contributed by atoms with van der Waals surface area (Å²) in [4.78, 5) is 12.3. The molecular formula is C18H18N4OS2. The molecule has 0 bridgehead atoms. The van der Waals surface area contributed by atoms with Gasteiger partial charge in [-0.05, 0) is 43.7 Å². The highest BCUT2D eigenvalue weighted by atomic mass is 32.2. The second-order valence-electron chi connectivity index (χ2n) is 5.48. The minimum Gasteiger partial charge on any atom is -0.330 e. The number of carbonyl (C=O) groups excluding carboxylic acids is 1. The summed E-state index contributed by atoms with van der Waals surface area (Å²) in [6.07, 6.45) is 0. The molecule has 1 heterocycles. The Balaban J connectivity index is 1.58. The molecule has 25 heavy (non-hydrogen) atoms. The van der Waals surface area contributed by atoms with Gasteiger partial charge in [0.1, 0.15) is 0 Å². The summed E-state index contributed by atoms with van der Waals surface area (Å²) in [5.74, 6) is -0.0559. The molecule has 2 N–H and O–H groups in total. The zero-order valence-corrected chi connectivity index (χ0v) is 15.5. The van der Waals surface area contributed by atoms with Crippen LogP contribution >= 0.6 is 23.1 Å². The van der Waals surface area contributed by atoms with Gasteiger partial charge in [0.15, 0.2) is 4.34 Å². The lowest BCUT2D eigenvalue weighted by Crippen LogP contribution is -2.22. The normalized spacial score (nSPS) is 11.8. The van der Waals surface area contributed by atoms with E-state index in [2.05, 4.69) is 20.8 Å². The summed E-state index contributed by atoms with van der Waals surface area (Å²) in [6, 6.07) is 17.5. The van der Waals surface area contributed by atoms with E-state index in [0.717, 1.165) is 15.7 Å². The van der Waals surface area contributed by atoms with Gasteiger partial charge in [0.05, 0.1) is 5.25 Å². The lowest BCUT2D eigenvalue weighted by Gasteiger charge is -2.09. The van der Waals surface area contributed by atoms with Crippen LogP contribution in [-0.4, -0.2) is 21.4 Å². The van der Waals surface area contributed by atoms with Crippen molar-refractivity contribution >= 4 is 45.5 Å². The zero-order valence-electron chi connectivity index (χ0n) is 13.9. The summed E-state index contributed by atoms with van der Waals surface area (Å²) in [5.41, 5.74) is 2.94. The van der Waals surface area contributed by atoms with E-state index in [0.29, 0.717) is 5.13 Å². The van der Waals surface area contributed by atoms with Gasteiger partial charge in [0, 0.05) is 11.4 Å². The summed E-state index contributed by atoms with van der Waals surface area (Å²) in [6.45, 7) is 3.90. The third-order valence-electron chi connectivity index (χ3n) is 3.36. The minimum absolute atomic E-state index is 0.0559. The number of anilines is 3. The lowest BCUT2D eigenvalue weighted by atomic mass is 10.2. The first-order valence-electron chi connectivity index (χ1n) is 7.80. The average Bonchev–Trinajstić information content (AvgIpc) is 3.02. The molecule has 7 heteroatoms. The number of para-hydroxylation sites is 1. The maximum absolute atomic E-state index is 12.3. The third-order valence-corrected chi connectivity index (χ3v) is 5.39. The molecule has 1 unspecified atom stereocenters. The number of nitrogens with zero attached hydrogens (tertiary/aromatic N) is 2. The van der Waals surface area contributed by atoms with Crippen molar-refractivity contribution < 1.29 is 4.79 Å². The molecule has 0 spiro atoms. The number of hydrogen-bond donors (Lipinski definition) is 2. The van der Waals surface area contributed by atoms with Gasteiger partial charge in [0.25, 0.3) is 0 Å². The number of carbonyl (C=O) groups is 1. The zero-order chi connectivity index (χ0) is 17.6. The molecule has 0 aliphatic carbocycles. The highest BCUT2D eigenvalue weighted by Crippen LogP contribution is 2.31. The van der Waals surface area contributed by atoms with E-state index < -0.39 is 0 Å². The van der Waals surface area contributed by atoms with Crippen LogP contribution in [0.3, 0.4) is 0 Å². The van der Waals surface area contributed by atoms with Crippen molar-refractivity contribution in [2.75, 3.05) is 10.6 Å². The van der Waals surface area contributed by atoms with Gasteiger partial charge >= 0.3 is 0 Å². The fourth-order valence-corrected chi connectivity index (χ4v) is 4.04. The van der Waals surface area contributed by atoms with Gasteiger partial charge in [-0.1, -0.05) is 53.4 Å². The van der Waals surface area contributed by atoms with Crippen LogP contribution in [0, 0.1) is 6.92 Å². The number of thioether (sulfide) groups is 1. The van der Waals surface area contributed by atoms with Gasteiger partial charge < -0.3 is 10.6 Å². The van der Waals surface area contributed by atoms with E-state index in [4.69, 9.17) is 0 Å². The van der Waals surface area contributed by atoms with Crippen LogP contribution in [0.2, 0.25) is 0 Å². The molecule has 3 rings (SSSR count). The van der Waals surface area contributed by atoms with Gasteiger partial charge in [-0.25, -0.2) is 0 Å². The molecule has 1 amide bonds. The molecule has 1 atom stereocenters. The van der Waals surface area contributed by atoms with E-state index in [1.807, 2.05) is 68.4 Å². The highest BCUT2D eigenvalue weighted by molar-refractivity contribution is 8.02. The largest absolute Gasteiger partial charge is 0.330 e. The van der Waals surface area contributed by atoms with E-state index in [-0.39, 0.29) is 11.2 Å². The molecule has 0 saturated heterocycles. The van der Waals surface area contributed by atoms with Crippen LogP contribution in [0.15, 0.2) is 58.9 Å². The minimum atomic E-state index is -0.264. The van der Waals surface area contributed by atoms with Gasteiger partial charge in [-0.2, -0.15) is 0 Å². The van der Waals surface area contributed by atoms with Gasteiger partial charge in [-0.15, -0.1) is 10.2 Å². The number of benzene rings is 2. The summed E-state index contributed by atoms with van der Waals surface area (Å²) >= 11 is 2.83. The number of aryl methyl sites for hydroxylation is 1. The van der Waals surface area contributed by atoms with Crippen LogP contribution in [0.4, 0.5) is 16.5 Å². The summed E-state index contributed by atoms with van der Waals surface area (Å²) < 4.78 is 0.755. The third kappa shape index (κ3) is 5.04. The Morgan fingerprint density at radius 2 is 1.84 bits per heavy atom. The predicted molar refractivity (Wildman–Crippen MR) is 105 cm³/mol. The lowest BCUT2D eigenvalue weighted by molar-refractivity contribution is -0.115. The molecule has 128 valence electrons. The molecule has 0 radical (unpaired) electrons. The summed E-state index contributed by atoms with van der Waals surface area (Å²) in [5, 5.41) is 14.9. The number of amides is 1. The van der Waals surface area contributed by atoms with Crippen molar-refractivity contribution in [3.63, 3.8) is 0 Å². The fraction of sp³-hybridized carbons (Fsp3) is 0.167. The fourth-order valence-electron chi connectivity index (χ4n) is 2.12. The Labute approximate surface area is 154 Å². The van der Waals surface area contributed by atoms with Crippen molar-refractivity contribution in [2.24, 2.45) is 0 Å². The molecular weight excluding hydrogens is 352 g/mol. The van der Waals surface area contributed by atoms with Crippen LogP contribution in [0.5, 0.6) is 0 Å². The average molecular weight is 371 g/mol. The Hall–Kier alpha value is -2.38. The van der Waals surface area contributed by atoms with Gasteiger partial charge in [0.2, 0.25) is 11.0 Å². The number of hydrogen-bond acceptors (Lipinski definition) is 6. The Bertz CT molecular complexity index is 851. The molecule has 0 saturated carbocycles. The quantitative estimate of drug-likeness (QED) is 0.615. The summed E-state index contributed by atoms with van der Waals surface area (Å²) in [7, 11) is 0. The predicted octanol–water partition coefficient (Wildman–Crippen LogP) is 4.71. The number of aromatic nitrogens is 2. The standard InChI is InChI=1S/C18H18N4OS2/c1-12-7-6-10-15(11-12)20-17-21-22-18(25-17)24-13(2)16(23)19-14-8-4-3-5-9-14/h3-11,13H,1-2H3,(H,19,23)(H,20,21). The van der Waals surface area contributed by atoms with E-state index in [9.17, 15) is 4.79 Å². The molecule has 1 aromatic heterocycles. The molecule has 0 fully saturated rings. The SMILES string of the molecule is Cc1cccc(Nc2nnc(SC(C)C(=O)Nc3ccccc3)s2)c1. The first-order valence-corrected chi connectivity index (χ1v) is 9.49. The van der Waals surface area contributed by atoms with Crippen LogP contribution in [0.1, 0.15) is 12.5 Å². The highest BCUT2D eigenvalue weighted by Gasteiger charge is 2.17. The molecule has 3 aromatic rings. The maximum atomic E-state index is 12.3. The maximum Gasteiger partial charge on any atom is 0.237 e. The van der Waals surface area contributed by atoms with Crippen molar-refractivity contribution in [2.45, 2.75) is 23.4 Å². The first-order chi connectivity index (χ1) is 12.1. The van der Waals surface area contributed by atoms with E-state index in [1.54, 1.807) is 0 Å². The molecule has 2 aromatic carbocycles. The molecule has 0 aliphatic rings. The number of nitrogens with one attached hydrogen (secondary N) is 2. The first kappa shape index (κ1) is 17.4. The molecule has 5 nitrogen and oxygen atoms in total. The van der Waals surface area contributed by atoms with Crippen molar-refractivity contribution in [3.8, 4) is 0 Å². The second kappa shape index (κ2) is 8.13. The topological polar surface area (TPSA) is 66.9 Å². The molecule has 0 aliphatic heterocycles. The number of rotatable bonds is 6. The van der Waals surface area contributed by atoms with Gasteiger partial charge in [-0.3, -0.25) is 4.79 Å². The second-order valence-corrected chi connectivity index (χ2v) is 8.05. The van der Waals surface area contributed by atoms with E-state index in [1.165, 1.54) is 28.7 Å². The van der Waals surface area contributed by atoms with Crippen LogP contribution in [-0.2, 0) is 4.79 Å². The monoisotopic (exact) mass is 370 g/mol. The van der Waals surface area contributed by atoms with Crippen LogP contribution < -0.4 is 10.6 Å². The van der Waals surface area contributed by atoms with Crippen LogP contribution in [0.25, 0.3) is 0 Å². The Kier molecular flexibility index (Phi) is 5.67. The van der Waals surface area contributed by atoms with Crippen molar-refractivity contribution in [1.82, 2.24) is 10.2 Å².